The lowest BCUT2D eigenvalue weighted by atomic mass is 10.3. The van der Waals surface area contributed by atoms with Gasteiger partial charge in [0.2, 0.25) is 29.5 Å². The van der Waals surface area contributed by atoms with Crippen molar-refractivity contribution < 1.29 is 71.6 Å². The van der Waals surface area contributed by atoms with E-state index in [2.05, 4.69) is 40.8 Å². The molecule has 0 aromatic heterocycles. The molecule has 20 nitrogen and oxygen atoms in total. The van der Waals surface area contributed by atoms with Crippen LogP contribution in [0.25, 0.3) is 0 Å². The van der Waals surface area contributed by atoms with E-state index in [1.165, 1.54) is 42.1 Å². The minimum absolute atomic E-state index is 0. The Labute approximate surface area is 306 Å². The van der Waals surface area contributed by atoms with Crippen LogP contribution < -0.4 is 26.6 Å². The van der Waals surface area contributed by atoms with Crippen LogP contribution in [-0.2, 0) is 71.6 Å². The molecule has 0 radical (unpaired) electrons. The molecule has 5 N–H and O–H groups in total. The monoisotopic (exact) mass is 755 g/mol. The number of methoxy groups -OCH3 is 3. The summed E-state index contributed by atoms with van der Waals surface area (Å²) >= 11 is 0. The summed E-state index contributed by atoms with van der Waals surface area (Å²) < 4.78 is 28.6. The molecule has 0 atom stereocenters. The number of hydrogen-bond donors (Lipinski definition) is 5. The summed E-state index contributed by atoms with van der Waals surface area (Å²) in [7, 11) is 3.71. The summed E-state index contributed by atoms with van der Waals surface area (Å²) in [4.78, 5) is 96.6. The number of carbonyl (C=O) groups excluding carboxylic acids is 9. The van der Waals surface area contributed by atoms with Crippen molar-refractivity contribution in [2.75, 3.05) is 93.7 Å². The van der Waals surface area contributed by atoms with Crippen LogP contribution in [0.15, 0.2) is 0 Å². The second kappa shape index (κ2) is 40.7. The first-order valence-electron chi connectivity index (χ1n) is 15.4. The number of ether oxygens (including phenoxy) is 6. The van der Waals surface area contributed by atoms with E-state index in [1.54, 1.807) is 0 Å². The molecule has 52 heavy (non-hydrogen) atoms. The summed E-state index contributed by atoms with van der Waals surface area (Å²) in [5, 5.41) is 12.6. The van der Waals surface area contributed by atoms with Crippen molar-refractivity contribution in [1.29, 1.82) is 0 Å². The largest absolute Gasteiger partial charge is 0.469 e. The highest BCUT2D eigenvalue weighted by molar-refractivity contribution is 5.97. The molecule has 5 amide bonds. The fraction of sp³-hybridized carbons (Fsp3) is 0.719. The van der Waals surface area contributed by atoms with Crippen LogP contribution >= 0.6 is 0 Å². The molecule has 0 aromatic carbocycles. The molecule has 0 aliphatic carbocycles. The van der Waals surface area contributed by atoms with Crippen molar-refractivity contribution >= 4 is 53.2 Å². The number of amides is 5. The fourth-order valence-corrected chi connectivity index (χ4v) is 2.74. The fourth-order valence-electron chi connectivity index (χ4n) is 2.74. The zero-order valence-corrected chi connectivity index (χ0v) is 29.7. The second-order valence-electron chi connectivity index (χ2n) is 9.53. The predicted octanol–water partition coefficient (Wildman–Crippen LogP) is -1.43. The maximum Gasteiger partial charge on any atom is 0.315 e. The van der Waals surface area contributed by atoms with Gasteiger partial charge in [-0.15, -0.1) is 0 Å². The van der Waals surface area contributed by atoms with E-state index in [1.807, 2.05) is 0 Å². The van der Waals surface area contributed by atoms with Crippen molar-refractivity contribution in [1.82, 2.24) is 26.6 Å². The Hall–Kier alpha value is -4.69. The predicted molar refractivity (Wildman–Crippen MR) is 188 cm³/mol. The normalized spacial score (nSPS) is 9.19. The van der Waals surface area contributed by atoms with E-state index in [9.17, 15) is 43.2 Å². The van der Waals surface area contributed by atoms with Crippen LogP contribution in [0.1, 0.15) is 61.3 Å². The lowest BCUT2D eigenvalue weighted by Crippen LogP contribution is -2.30. The first kappa shape index (κ1) is 56.7. The summed E-state index contributed by atoms with van der Waals surface area (Å²) in [5.74, 6) is -3.04. The van der Waals surface area contributed by atoms with E-state index in [4.69, 9.17) is 14.2 Å². The minimum atomic E-state index is -0.592. The van der Waals surface area contributed by atoms with Gasteiger partial charge >= 0.3 is 17.9 Å². The molecule has 0 saturated carbocycles. The third-order valence-corrected chi connectivity index (χ3v) is 5.17. The van der Waals surface area contributed by atoms with E-state index in [0.717, 1.165) is 0 Å². The molecule has 0 bridgehead atoms. The zero-order chi connectivity index (χ0) is 38.6. The lowest BCUT2D eigenvalue weighted by Gasteiger charge is -2.07. The third kappa shape index (κ3) is 49.7. The van der Waals surface area contributed by atoms with E-state index < -0.39 is 23.8 Å². The number of rotatable bonds is 24. The first-order chi connectivity index (χ1) is 23.7. The van der Waals surface area contributed by atoms with Gasteiger partial charge in [-0.05, 0) is 0 Å². The maximum absolute atomic E-state index is 11.3. The van der Waals surface area contributed by atoms with Crippen LogP contribution in [0.3, 0.4) is 0 Å². The Bertz CT molecular complexity index is 1040. The third-order valence-electron chi connectivity index (χ3n) is 5.17. The van der Waals surface area contributed by atoms with Crippen LogP contribution in [0.2, 0.25) is 0 Å². The molecule has 0 spiro atoms. The summed E-state index contributed by atoms with van der Waals surface area (Å²) in [5.41, 5.74) is 0. The Morgan fingerprint density at radius 2 is 0.788 bits per heavy atom. The molecular formula is C32H61N5O15. The topological polar surface area (TPSA) is 269 Å². The van der Waals surface area contributed by atoms with Gasteiger partial charge in [-0.3, -0.25) is 43.2 Å². The molecular weight excluding hydrogens is 694 g/mol. The van der Waals surface area contributed by atoms with Gasteiger partial charge in [0, 0.05) is 53.4 Å². The van der Waals surface area contributed by atoms with Crippen molar-refractivity contribution in [3.63, 3.8) is 0 Å². The molecule has 0 heterocycles. The van der Waals surface area contributed by atoms with Gasteiger partial charge in [0.15, 0.2) is 5.78 Å². The number of hydrogen-bond acceptors (Lipinski definition) is 15. The minimum Gasteiger partial charge on any atom is -0.469 e. The molecule has 0 saturated heterocycles. The highest BCUT2D eigenvalue weighted by atomic mass is 16.5. The Morgan fingerprint density at radius 3 is 1.19 bits per heavy atom. The summed E-state index contributed by atoms with van der Waals surface area (Å²) in [6.07, 6.45) is -0.399. The van der Waals surface area contributed by atoms with Crippen molar-refractivity contribution in [3.05, 3.63) is 0 Å². The molecule has 0 aliphatic heterocycles. The Balaban J connectivity index is -0.000000216. The summed E-state index contributed by atoms with van der Waals surface area (Å²) in [6, 6.07) is 0. The highest BCUT2D eigenvalue weighted by Gasteiger charge is 2.09. The maximum atomic E-state index is 11.3. The van der Waals surface area contributed by atoms with Gasteiger partial charge in [0.05, 0.1) is 73.9 Å². The number of nitrogens with one attached hydrogen (secondary N) is 5. The average molecular weight is 756 g/mol. The average Bonchev–Trinajstić information content (AvgIpc) is 3.06. The Kier molecular flexibility index (Phi) is 44.4. The number of ketones is 1. The standard InChI is InChI=1S/C13H24N2O6.C10H18N2O5.C7H11NO4.2CH4/c1-11(16)14-5-7-20-9-10-21-8-6-15-12(17)3-4-13(18)19-2;1-8(13)11-3-5-17-6-4-12-9(14)7-10(15)16-2;1-5(9)8-4-6(10)3-7(11)12-2;;/h3-10H2,1-2H3,(H,14,16)(H,15,17);3-7H2,1-2H3,(H,11,13)(H,12,14);3-4H2,1-2H3,(H,8,9);2*1H4. The van der Waals surface area contributed by atoms with E-state index in [0.29, 0.717) is 65.8 Å². The summed E-state index contributed by atoms with van der Waals surface area (Å²) in [6.45, 7) is 8.02. The SMILES string of the molecule is C.C.COC(=O)CC(=O)CNC(C)=O.COC(=O)CC(=O)NCCOCCNC(C)=O.COC(=O)CCC(=O)NCCOCCOCCNC(C)=O. The van der Waals surface area contributed by atoms with Gasteiger partial charge in [0.1, 0.15) is 12.8 Å². The molecule has 20 heteroatoms. The van der Waals surface area contributed by atoms with Gasteiger partial charge in [-0.25, -0.2) is 0 Å². The van der Waals surface area contributed by atoms with Crippen LogP contribution in [-0.4, -0.2) is 147 Å². The highest BCUT2D eigenvalue weighted by Crippen LogP contribution is 1.91. The molecule has 0 rings (SSSR count). The first-order valence-corrected chi connectivity index (χ1v) is 15.4. The van der Waals surface area contributed by atoms with Gasteiger partial charge in [0.25, 0.3) is 0 Å². The molecule has 0 unspecified atom stereocenters. The molecule has 0 aliphatic rings. The molecule has 0 fully saturated rings. The number of carbonyl (C=O) groups is 9. The van der Waals surface area contributed by atoms with Crippen molar-refractivity contribution in [2.45, 2.75) is 61.3 Å². The number of esters is 3. The van der Waals surface area contributed by atoms with Crippen LogP contribution in [0.4, 0.5) is 0 Å². The smallest absolute Gasteiger partial charge is 0.315 e. The van der Waals surface area contributed by atoms with Crippen LogP contribution in [0, 0.1) is 0 Å². The Morgan fingerprint density at radius 1 is 0.423 bits per heavy atom. The van der Waals surface area contributed by atoms with Gasteiger partial charge in [-0.1, -0.05) is 14.9 Å². The van der Waals surface area contributed by atoms with Crippen LogP contribution in [0.5, 0.6) is 0 Å². The molecule has 0 aromatic rings. The van der Waals surface area contributed by atoms with Gasteiger partial charge in [-0.2, -0.15) is 0 Å². The second-order valence-corrected chi connectivity index (χ2v) is 9.53. The van der Waals surface area contributed by atoms with E-state index >= 15 is 0 Å². The van der Waals surface area contributed by atoms with Gasteiger partial charge < -0.3 is 55.0 Å². The zero-order valence-electron chi connectivity index (χ0n) is 29.7. The van der Waals surface area contributed by atoms with Crippen molar-refractivity contribution in [3.8, 4) is 0 Å². The quantitative estimate of drug-likeness (QED) is 0.0327. The number of Topliss-reactive ketones (excluding diaryl/α,β-unsaturated/α-hetero) is 1. The van der Waals surface area contributed by atoms with Crippen molar-refractivity contribution in [2.24, 2.45) is 0 Å². The molecule has 304 valence electrons. The lowest BCUT2D eigenvalue weighted by molar-refractivity contribution is -0.145. The van der Waals surface area contributed by atoms with E-state index in [-0.39, 0.29) is 76.5 Å².